The Balaban J connectivity index is 3.61. The topological polar surface area (TPSA) is 57.5 Å². The van der Waals surface area contributed by atoms with E-state index < -0.39 is 12.1 Å². The molecule has 0 aromatic carbocycles. The minimum Gasteiger partial charge on any atom is -0.481 e. The Hall–Kier alpha value is -1.61. The Morgan fingerprint density at radius 1 is 0.870 bits per heavy atom. The standard InChI is InChI=1S/C20H32O3/c1-2-3-4-5-6-7-8-9-10-11-13-16-19(21)17-14-12-15-18-20(22)23/h6-7,9-10,13-14,16-17,19,21H,2-5,8,11-12,15,18H2,1H3,(H,22,23)/b7-6-,10-9-,16-13-,17-14-. The van der Waals surface area contributed by atoms with Crippen molar-refractivity contribution in [2.75, 3.05) is 0 Å². The maximum Gasteiger partial charge on any atom is 0.303 e. The number of hydrogen-bond donors (Lipinski definition) is 2. The molecule has 0 aliphatic carbocycles. The number of hydrogen-bond acceptors (Lipinski definition) is 2. The lowest BCUT2D eigenvalue weighted by Gasteiger charge is -1.96. The molecule has 3 nitrogen and oxygen atoms in total. The Kier molecular flexibility index (Phi) is 15.6. The molecule has 0 saturated heterocycles. The SMILES string of the molecule is CCCCC/C=C\C/C=C\C/C=C\C(O)/C=C\CCCC(=O)O. The van der Waals surface area contributed by atoms with Gasteiger partial charge in [0.15, 0.2) is 0 Å². The van der Waals surface area contributed by atoms with Crippen LogP contribution in [0.3, 0.4) is 0 Å². The van der Waals surface area contributed by atoms with Crippen molar-refractivity contribution in [2.24, 2.45) is 0 Å². The molecule has 0 bridgehead atoms. The first-order valence-corrected chi connectivity index (χ1v) is 8.70. The minimum atomic E-state index is -0.776. The van der Waals surface area contributed by atoms with Crippen LogP contribution in [0.15, 0.2) is 48.6 Å². The molecule has 130 valence electrons. The van der Waals surface area contributed by atoms with E-state index >= 15 is 0 Å². The Bertz CT molecular complexity index is 392. The normalized spacial score (nSPS) is 13.8. The summed E-state index contributed by atoms with van der Waals surface area (Å²) in [6, 6.07) is 0. The maximum absolute atomic E-state index is 10.3. The van der Waals surface area contributed by atoms with Crippen LogP contribution in [0.4, 0.5) is 0 Å². The van der Waals surface area contributed by atoms with Gasteiger partial charge in [-0.1, -0.05) is 68.4 Å². The van der Waals surface area contributed by atoms with Crippen molar-refractivity contribution < 1.29 is 15.0 Å². The fourth-order valence-corrected chi connectivity index (χ4v) is 1.96. The molecule has 0 fully saturated rings. The van der Waals surface area contributed by atoms with E-state index in [4.69, 9.17) is 5.11 Å². The smallest absolute Gasteiger partial charge is 0.303 e. The largest absolute Gasteiger partial charge is 0.481 e. The summed E-state index contributed by atoms with van der Waals surface area (Å²) in [7, 11) is 0. The summed E-state index contributed by atoms with van der Waals surface area (Å²) in [5, 5.41) is 18.2. The molecule has 0 aromatic heterocycles. The van der Waals surface area contributed by atoms with Gasteiger partial charge in [-0.25, -0.2) is 0 Å². The van der Waals surface area contributed by atoms with Crippen molar-refractivity contribution >= 4 is 5.97 Å². The van der Waals surface area contributed by atoms with Crippen molar-refractivity contribution in [3.8, 4) is 0 Å². The number of carboxylic acid groups (broad SMARTS) is 1. The molecule has 0 aliphatic rings. The zero-order valence-corrected chi connectivity index (χ0v) is 14.4. The van der Waals surface area contributed by atoms with Crippen molar-refractivity contribution in [1.82, 2.24) is 0 Å². The number of unbranched alkanes of at least 4 members (excludes halogenated alkanes) is 4. The molecule has 1 unspecified atom stereocenters. The maximum atomic E-state index is 10.3. The lowest BCUT2D eigenvalue weighted by Crippen LogP contribution is -1.96. The summed E-state index contributed by atoms with van der Waals surface area (Å²) in [5.41, 5.74) is 0. The molecule has 0 saturated carbocycles. The second-order valence-corrected chi connectivity index (χ2v) is 5.54. The minimum absolute atomic E-state index is 0.175. The van der Waals surface area contributed by atoms with Crippen LogP contribution in [-0.4, -0.2) is 22.3 Å². The summed E-state index contributed by atoms with van der Waals surface area (Å²) in [5.74, 6) is -0.776. The van der Waals surface area contributed by atoms with Gasteiger partial charge >= 0.3 is 5.97 Å². The first-order valence-electron chi connectivity index (χ1n) is 8.70. The summed E-state index contributed by atoms with van der Waals surface area (Å²) in [6.45, 7) is 2.21. The van der Waals surface area contributed by atoms with Crippen LogP contribution >= 0.6 is 0 Å². The average Bonchev–Trinajstić information content (AvgIpc) is 2.52. The molecule has 0 aromatic rings. The Labute approximate surface area is 141 Å². The van der Waals surface area contributed by atoms with Crippen molar-refractivity contribution in [2.45, 2.75) is 70.8 Å². The average molecular weight is 320 g/mol. The van der Waals surface area contributed by atoms with Gasteiger partial charge in [0.25, 0.3) is 0 Å². The van der Waals surface area contributed by atoms with Gasteiger partial charge in [0.2, 0.25) is 0 Å². The predicted octanol–water partition coefficient (Wildman–Crippen LogP) is 5.19. The third-order valence-corrected chi connectivity index (χ3v) is 3.28. The molecule has 0 aliphatic heterocycles. The van der Waals surface area contributed by atoms with Gasteiger partial charge in [0.05, 0.1) is 6.10 Å². The fourth-order valence-electron chi connectivity index (χ4n) is 1.96. The van der Waals surface area contributed by atoms with Crippen molar-refractivity contribution in [1.29, 1.82) is 0 Å². The zero-order chi connectivity index (χ0) is 17.2. The van der Waals surface area contributed by atoms with Crippen LogP contribution in [0.2, 0.25) is 0 Å². The molecule has 0 radical (unpaired) electrons. The quantitative estimate of drug-likeness (QED) is 0.342. The fraction of sp³-hybridized carbons (Fsp3) is 0.550. The van der Waals surface area contributed by atoms with E-state index in [1.807, 2.05) is 12.2 Å². The third-order valence-electron chi connectivity index (χ3n) is 3.28. The summed E-state index contributed by atoms with van der Waals surface area (Å²) < 4.78 is 0. The van der Waals surface area contributed by atoms with E-state index in [-0.39, 0.29) is 6.42 Å². The van der Waals surface area contributed by atoms with Crippen LogP contribution in [0.1, 0.15) is 64.7 Å². The van der Waals surface area contributed by atoms with E-state index in [0.717, 1.165) is 12.8 Å². The number of rotatable bonds is 14. The number of carboxylic acids is 1. The highest BCUT2D eigenvalue weighted by Gasteiger charge is 1.94. The molecular formula is C20H32O3. The van der Waals surface area contributed by atoms with E-state index in [1.165, 1.54) is 25.7 Å². The monoisotopic (exact) mass is 320 g/mol. The van der Waals surface area contributed by atoms with E-state index in [0.29, 0.717) is 12.8 Å². The van der Waals surface area contributed by atoms with Crippen LogP contribution in [0, 0.1) is 0 Å². The first kappa shape index (κ1) is 21.4. The van der Waals surface area contributed by atoms with E-state index in [2.05, 4.69) is 31.2 Å². The van der Waals surface area contributed by atoms with Gasteiger partial charge in [-0.3, -0.25) is 4.79 Å². The lowest BCUT2D eigenvalue weighted by atomic mass is 10.2. The van der Waals surface area contributed by atoms with Crippen LogP contribution in [0.25, 0.3) is 0 Å². The molecule has 0 amide bonds. The Morgan fingerprint density at radius 2 is 1.48 bits per heavy atom. The highest BCUT2D eigenvalue weighted by Crippen LogP contribution is 2.01. The second-order valence-electron chi connectivity index (χ2n) is 5.54. The molecule has 1 atom stereocenters. The van der Waals surface area contributed by atoms with Gasteiger partial charge < -0.3 is 10.2 Å². The highest BCUT2D eigenvalue weighted by atomic mass is 16.4. The molecule has 0 heterocycles. The molecule has 2 N–H and O–H groups in total. The van der Waals surface area contributed by atoms with Gasteiger partial charge in [0.1, 0.15) is 0 Å². The summed E-state index contributed by atoms with van der Waals surface area (Å²) in [6.07, 6.45) is 23.6. The third kappa shape index (κ3) is 18.3. The lowest BCUT2D eigenvalue weighted by molar-refractivity contribution is -0.137. The molecule has 3 heteroatoms. The van der Waals surface area contributed by atoms with Crippen molar-refractivity contribution in [3.05, 3.63) is 48.6 Å². The molecule has 0 rings (SSSR count). The molecule has 0 spiro atoms. The molecular weight excluding hydrogens is 288 g/mol. The predicted molar refractivity (Wildman–Crippen MR) is 97.4 cm³/mol. The van der Waals surface area contributed by atoms with Crippen LogP contribution in [-0.2, 0) is 4.79 Å². The summed E-state index contributed by atoms with van der Waals surface area (Å²) >= 11 is 0. The second kappa shape index (κ2) is 16.8. The van der Waals surface area contributed by atoms with Crippen molar-refractivity contribution in [3.63, 3.8) is 0 Å². The number of allylic oxidation sites excluding steroid dienone is 6. The number of aliphatic hydroxyl groups excluding tert-OH is 1. The number of aliphatic carboxylic acids is 1. The van der Waals surface area contributed by atoms with Gasteiger partial charge in [-0.05, 0) is 38.5 Å². The first-order chi connectivity index (χ1) is 11.2. The van der Waals surface area contributed by atoms with Gasteiger partial charge in [-0.2, -0.15) is 0 Å². The molecule has 23 heavy (non-hydrogen) atoms. The zero-order valence-electron chi connectivity index (χ0n) is 14.4. The highest BCUT2D eigenvalue weighted by molar-refractivity contribution is 5.66. The van der Waals surface area contributed by atoms with Gasteiger partial charge in [-0.15, -0.1) is 0 Å². The van der Waals surface area contributed by atoms with Crippen LogP contribution in [0.5, 0.6) is 0 Å². The van der Waals surface area contributed by atoms with E-state index in [9.17, 15) is 9.90 Å². The Morgan fingerprint density at radius 3 is 2.17 bits per heavy atom. The van der Waals surface area contributed by atoms with Crippen LogP contribution < -0.4 is 0 Å². The van der Waals surface area contributed by atoms with Gasteiger partial charge in [0, 0.05) is 6.42 Å². The van der Waals surface area contributed by atoms with E-state index in [1.54, 1.807) is 12.2 Å². The summed E-state index contributed by atoms with van der Waals surface area (Å²) in [4.78, 5) is 10.3. The number of carbonyl (C=O) groups is 1. The number of aliphatic hydroxyl groups is 1.